The number of hydrogen-bond donors (Lipinski definition) is 0. The Labute approximate surface area is 396 Å². The molecule has 6 heteroatoms. The summed E-state index contributed by atoms with van der Waals surface area (Å²) in [7, 11) is 0. The summed E-state index contributed by atoms with van der Waals surface area (Å²) in [6.45, 7) is 0. The Kier molecular flexibility index (Phi) is 8.79. The zero-order valence-electron chi connectivity index (χ0n) is 37.0. The van der Waals surface area contributed by atoms with Gasteiger partial charge in [-0.05, 0) is 88.5 Å². The van der Waals surface area contributed by atoms with Gasteiger partial charge in [-0.3, -0.25) is 0 Å². The fraction of sp³-hybridized carbons (Fsp3) is 0. The van der Waals surface area contributed by atoms with Gasteiger partial charge in [-0.1, -0.05) is 164 Å². The van der Waals surface area contributed by atoms with Crippen molar-refractivity contribution >= 4 is 65.7 Å². The Bertz CT molecular complexity index is 4250. The van der Waals surface area contributed by atoms with Crippen molar-refractivity contribution in [3.05, 3.63) is 231 Å². The van der Waals surface area contributed by atoms with E-state index in [1.54, 1.807) is 0 Å². The van der Waals surface area contributed by atoms with Crippen LogP contribution in [-0.4, -0.2) is 19.5 Å². The monoisotopic (exact) mass is 882 g/mol. The smallest absolute Gasteiger partial charge is 0.164 e. The van der Waals surface area contributed by atoms with Crippen LogP contribution in [0.15, 0.2) is 239 Å². The zero-order valence-corrected chi connectivity index (χ0v) is 37.0. The third-order valence-corrected chi connectivity index (χ3v) is 13.5. The van der Waals surface area contributed by atoms with Crippen LogP contribution < -0.4 is 0 Å². The highest BCUT2D eigenvalue weighted by molar-refractivity contribution is 6.13. The van der Waals surface area contributed by atoms with Crippen LogP contribution in [0, 0.1) is 0 Å². The van der Waals surface area contributed by atoms with Crippen LogP contribution in [0.5, 0.6) is 0 Å². The third-order valence-electron chi connectivity index (χ3n) is 13.5. The molecule has 0 bridgehead atoms. The van der Waals surface area contributed by atoms with Crippen LogP contribution >= 0.6 is 0 Å². The van der Waals surface area contributed by atoms with Crippen LogP contribution in [-0.2, 0) is 0 Å². The van der Waals surface area contributed by atoms with Gasteiger partial charge in [0.25, 0.3) is 0 Å². The van der Waals surface area contributed by atoms with Crippen LogP contribution in [0.25, 0.3) is 139 Å². The molecule has 0 aliphatic heterocycles. The van der Waals surface area contributed by atoms with Crippen LogP contribution in [0.1, 0.15) is 0 Å². The predicted molar refractivity (Wildman–Crippen MR) is 281 cm³/mol. The number of nitrogens with zero attached hydrogens (tertiary/aromatic N) is 4. The number of para-hydroxylation sites is 2. The Hall–Kier alpha value is -9.39. The van der Waals surface area contributed by atoms with Crippen molar-refractivity contribution < 1.29 is 8.83 Å². The lowest BCUT2D eigenvalue weighted by atomic mass is 9.98. The first-order chi connectivity index (χ1) is 34.2. The van der Waals surface area contributed by atoms with E-state index in [2.05, 4.69) is 162 Å². The molecule has 0 atom stereocenters. The first kappa shape index (κ1) is 38.8. The standard InChI is InChI=1S/C63H38N4O2/c1-4-15-39(16-5-1)43-29-32-55-52(34-43)47-23-10-12-25-54(47)67(55)56-38-60-53(48-24-11-13-26-57(48)68-60)37-51(56)45-28-31-50-49-30-27-44(35-58(49)69-59(50)36-45)42-21-14-22-46(33-42)63-65-61(40-17-6-2-7-18-40)64-62(66-63)41-19-8-3-9-20-41/h1-38H. The molecule has 4 aromatic heterocycles. The van der Waals surface area contributed by atoms with Gasteiger partial charge >= 0.3 is 0 Å². The second-order valence-corrected chi connectivity index (χ2v) is 17.6. The van der Waals surface area contributed by atoms with Crippen LogP contribution in [0.3, 0.4) is 0 Å². The van der Waals surface area contributed by atoms with Gasteiger partial charge in [0.05, 0.1) is 16.7 Å². The SMILES string of the molecule is c1ccc(-c2ccc3c(c2)c2ccccc2n3-c2cc3oc4ccccc4c3cc2-c2ccc3c(c2)oc2cc(-c4cccc(-c5nc(-c6ccccc6)nc(-c6ccccc6)n5)c4)ccc23)cc1. The summed E-state index contributed by atoms with van der Waals surface area (Å²) in [5.74, 6) is 1.87. The average molecular weight is 883 g/mol. The lowest BCUT2D eigenvalue weighted by Crippen LogP contribution is -2.00. The second-order valence-electron chi connectivity index (χ2n) is 17.6. The molecule has 0 amide bonds. The lowest BCUT2D eigenvalue weighted by Gasteiger charge is -2.15. The van der Waals surface area contributed by atoms with Gasteiger partial charge in [-0.15, -0.1) is 0 Å². The number of rotatable bonds is 7. The quantitative estimate of drug-likeness (QED) is 0.159. The normalized spacial score (nSPS) is 11.8. The van der Waals surface area contributed by atoms with E-state index in [-0.39, 0.29) is 0 Å². The number of benzene rings is 10. The Balaban J connectivity index is 0.897. The maximum atomic E-state index is 6.83. The summed E-state index contributed by atoms with van der Waals surface area (Å²) in [4.78, 5) is 14.9. The van der Waals surface area contributed by atoms with Crippen molar-refractivity contribution in [1.82, 2.24) is 19.5 Å². The molecule has 322 valence electrons. The molecule has 0 spiro atoms. The van der Waals surface area contributed by atoms with E-state index in [1.165, 1.54) is 21.9 Å². The van der Waals surface area contributed by atoms with Crippen molar-refractivity contribution in [2.24, 2.45) is 0 Å². The van der Waals surface area contributed by atoms with E-state index in [9.17, 15) is 0 Å². The molecule has 10 aromatic carbocycles. The second kappa shape index (κ2) is 15.6. The van der Waals surface area contributed by atoms with E-state index in [1.807, 2.05) is 72.8 Å². The van der Waals surface area contributed by atoms with Crippen molar-refractivity contribution in [3.8, 4) is 73.2 Å². The molecule has 0 saturated carbocycles. The first-order valence-corrected chi connectivity index (χ1v) is 23.2. The Morgan fingerprint density at radius 1 is 0.261 bits per heavy atom. The molecule has 0 fully saturated rings. The molecule has 0 aliphatic rings. The van der Waals surface area contributed by atoms with Gasteiger partial charge in [-0.2, -0.15) is 0 Å². The Morgan fingerprint density at radius 3 is 1.46 bits per heavy atom. The molecular weight excluding hydrogens is 845 g/mol. The molecule has 14 rings (SSSR count). The fourth-order valence-corrected chi connectivity index (χ4v) is 10.1. The van der Waals surface area contributed by atoms with Crippen LogP contribution in [0.2, 0.25) is 0 Å². The number of fused-ring (bicyclic) bond motifs is 9. The van der Waals surface area contributed by atoms with E-state index < -0.39 is 0 Å². The van der Waals surface area contributed by atoms with E-state index in [0.29, 0.717) is 17.5 Å². The summed E-state index contributed by atoms with van der Waals surface area (Å²) in [5.41, 5.74) is 15.9. The number of furan rings is 2. The van der Waals surface area contributed by atoms with E-state index in [0.717, 1.165) is 99.5 Å². The summed E-state index contributed by atoms with van der Waals surface area (Å²) < 4.78 is 15.8. The summed E-state index contributed by atoms with van der Waals surface area (Å²) in [6, 6.07) is 80.5. The minimum atomic E-state index is 0.612. The van der Waals surface area contributed by atoms with Gasteiger partial charge in [0, 0.05) is 60.6 Å². The predicted octanol–water partition coefficient (Wildman–Crippen LogP) is 16.8. The summed E-state index contributed by atoms with van der Waals surface area (Å²) in [6.07, 6.45) is 0. The van der Waals surface area contributed by atoms with Gasteiger partial charge in [0.15, 0.2) is 17.5 Å². The molecule has 6 nitrogen and oxygen atoms in total. The zero-order chi connectivity index (χ0) is 45.4. The molecule has 69 heavy (non-hydrogen) atoms. The summed E-state index contributed by atoms with van der Waals surface area (Å²) >= 11 is 0. The highest BCUT2D eigenvalue weighted by Crippen LogP contribution is 2.43. The van der Waals surface area contributed by atoms with Gasteiger partial charge < -0.3 is 13.4 Å². The highest BCUT2D eigenvalue weighted by atomic mass is 16.3. The van der Waals surface area contributed by atoms with Crippen molar-refractivity contribution in [3.63, 3.8) is 0 Å². The number of hydrogen-bond acceptors (Lipinski definition) is 5. The van der Waals surface area contributed by atoms with E-state index >= 15 is 0 Å². The molecule has 0 N–H and O–H groups in total. The van der Waals surface area contributed by atoms with Crippen LogP contribution in [0.4, 0.5) is 0 Å². The van der Waals surface area contributed by atoms with E-state index in [4.69, 9.17) is 23.8 Å². The Morgan fingerprint density at radius 2 is 0.739 bits per heavy atom. The molecule has 0 aliphatic carbocycles. The highest BCUT2D eigenvalue weighted by Gasteiger charge is 2.21. The molecule has 0 unspecified atom stereocenters. The van der Waals surface area contributed by atoms with Crippen molar-refractivity contribution in [2.75, 3.05) is 0 Å². The molecule has 0 saturated heterocycles. The first-order valence-electron chi connectivity index (χ1n) is 23.2. The average Bonchev–Trinajstić information content (AvgIpc) is 4.09. The number of aromatic nitrogens is 4. The summed E-state index contributed by atoms with van der Waals surface area (Å²) in [5, 5.41) is 6.65. The van der Waals surface area contributed by atoms with Gasteiger partial charge in [0.2, 0.25) is 0 Å². The maximum Gasteiger partial charge on any atom is 0.164 e. The minimum absolute atomic E-state index is 0.612. The van der Waals surface area contributed by atoms with Gasteiger partial charge in [-0.25, -0.2) is 15.0 Å². The largest absolute Gasteiger partial charge is 0.456 e. The molecule has 14 aromatic rings. The van der Waals surface area contributed by atoms with Crippen molar-refractivity contribution in [2.45, 2.75) is 0 Å². The van der Waals surface area contributed by atoms with Gasteiger partial charge in [0.1, 0.15) is 22.3 Å². The molecule has 4 heterocycles. The maximum absolute atomic E-state index is 6.83. The van der Waals surface area contributed by atoms with Crippen molar-refractivity contribution in [1.29, 1.82) is 0 Å². The minimum Gasteiger partial charge on any atom is -0.456 e. The topological polar surface area (TPSA) is 69.9 Å². The third kappa shape index (κ3) is 6.53. The molecular formula is C63H38N4O2. The molecule has 0 radical (unpaired) electrons. The fourth-order valence-electron chi connectivity index (χ4n) is 10.1. The lowest BCUT2D eigenvalue weighted by molar-refractivity contribution is 0.668.